The molecule has 0 radical (unpaired) electrons. The molecule has 0 spiro atoms. The number of rotatable bonds is 7. The normalized spacial score (nSPS) is 9.64. The van der Waals surface area contributed by atoms with Crippen LogP contribution in [0.5, 0.6) is 0 Å². The van der Waals surface area contributed by atoms with Crippen molar-refractivity contribution in [3.05, 3.63) is 12.8 Å². The minimum Gasteiger partial charge on any atom is -0.378 e. The standard InChI is InChI=1S/C8H17NO2/c1-4-9(5-2)7-6-8-11-10-3/h4H,1,5-8H2,2-3H3. The van der Waals surface area contributed by atoms with Gasteiger partial charge >= 0.3 is 0 Å². The zero-order valence-electron chi connectivity index (χ0n) is 7.38. The molecule has 0 unspecified atom stereocenters. The van der Waals surface area contributed by atoms with Crippen molar-refractivity contribution in [2.24, 2.45) is 0 Å². The van der Waals surface area contributed by atoms with Gasteiger partial charge in [0.1, 0.15) is 0 Å². The first kappa shape index (κ1) is 10.5. The Hall–Kier alpha value is -0.540. The van der Waals surface area contributed by atoms with Crippen molar-refractivity contribution < 1.29 is 9.78 Å². The fourth-order valence-electron chi connectivity index (χ4n) is 0.788. The molecule has 0 heterocycles. The topological polar surface area (TPSA) is 21.7 Å². The van der Waals surface area contributed by atoms with Crippen LogP contribution in [0.1, 0.15) is 13.3 Å². The van der Waals surface area contributed by atoms with Gasteiger partial charge in [-0.15, -0.1) is 0 Å². The van der Waals surface area contributed by atoms with Crippen LogP contribution in [-0.2, 0) is 9.78 Å². The van der Waals surface area contributed by atoms with Crippen molar-refractivity contribution in [2.75, 3.05) is 26.8 Å². The van der Waals surface area contributed by atoms with Gasteiger partial charge in [0.15, 0.2) is 0 Å². The van der Waals surface area contributed by atoms with Crippen LogP contribution in [-0.4, -0.2) is 31.7 Å². The molecule has 0 aliphatic heterocycles. The lowest BCUT2D eigenvalue weighted by molar-refractivity contribution is -0.272. The molecule has 0 aromatic rings. The van der Waals surface area contributed by atoms with Gasteiger partial charge in [0, 0.05) is 13.1 Å². The van der Waals surface area contributed by atoms with Crippen molar-refractivity contribution in [1.82, 2.24) is 4.90 Å². The predicted molar refractivity (Wildman–Crippen MR) is 45.0 cm³/mol. The third-order valence-electron chi connectivity index (χ3n) is 1.46. The maximum atomic E-state index is 4.71. The second kappa shape index (κ2) is 7.57. The summed E-state index contributed by atoms with van der Waals surface area (Å²) in [5, 5.41) is 0. The Morgan fingerprint density at radius 3 is 2.73 bits per heavy atom. The monoisotopic (exact) mass is 159 g/mol. The molecular weight excluding hydrogens is 142 g/mol. The Balaban J connectivity index is 3.14. The Kier molecular flexibility index (Phi) is 7.19. The summed E-state index contributed by atoms with van der Waals surface area (Å²) >= 11 is 0. The summed E-state index contributed by atoms with van der Waals surface area (Å²) in [6.07, 6.45) is 2.81. The van der Waals surface area contributed by atoms with Crippen LogP contribution in [0.2, 0.25) is 0 Å². The highest BCUT2D eigenvalue weighted by atomic mass is 17.2. The molecule has 0 saturated heterocycles. The van der Waals surface area contributed by atoms with E-state index in [0.29, 0.717) is 6.61 Å². The summed E-state index contributed by atoms with van der Waals surface area (Å²) in [4.78, 5) is 11.3. The van der Waals surface area contributed by atoms with Gasteiger partial charge in [-0.05, 0) is 19.5 Å². The van der Waals surface area contributed by atoms with E-state index in [1.807, 2.05) is 6.20 Å². The van der Waals surface area contributed by atoms with Crippen LogP contribution in [0.15, 0.2) is 12.8 Å². The van der Waals surface area contributed by atoms with Gasteiger partial charge in [-0.2, -0.15) is 0 Å². The molecule has 0 aromatic carbocycles. The smallest absolute Gasteiger partial charge is 0.0839 e. The second-order valence-electron chi connectivity index (χ2n) is 2.15. The zero-order valence-corrected chi connectivity index (χ0v) is 7.38. The van der Waals surface area contributed by atoms with Crippen molar-refractivity contribution in [1.29, 1.82) is 0 Å². The van der Waals surface area contributed by atoms with Gasteiger partial charge in [-0.3, -0.25) is 0 Å². The third kappa shape index (κ3) is 5.88. The molecule has 0 aliphatic rings. The second-order valence-corrected chi connectivity index (χ2v) is 2.15. The minimum absolute atomic E-state index is 0.640. The highest BCUT2D eigenvalue weighted by Gasteiger charge is 1.93. The van der Waals surface area contributed by atoms with Crippen LogP contribution in [0.25, 0.3) is 0 Å². The summed E-state index contributed by atoms with van der Waals surface area (Å²) in [5.41, 5.74) is 0. The molecule has 66 valence electrons. The maximum absolute atomic E-state index is 4.71. The van der Waals surface area contributed by atoms with Crippen LogP contribution in [0.4, 0.5) is 0 Å². The van der Waals surface area contributed by atoms with Crippen molar-refractivity contribution in [2.45, 2.75) is 13.3 Å². The highest BCUT2D eigenvalue weighted by molar-refractivity contribution is 4.68. The van der Waals surface area contributed by atoms with Crippen LogP contribution in [0.3, 0.4) is 0 Å². The van der Waals surface area contributed by atoms with Crippen LogP contribution >= 0.6 is 0 Å². The van der Waals surface area contributed by atoms with E-state index in [2.05, 4.69) is 23.3 Å². The Labute approximate surface area is 68.5 Å². The Morgan fingerprint density at radius 2 is 2.27 bits per heavy atom. The lowest BCUT2D eigenvalue weighted by Gasteiger charge is -2.16. The number of hydrogen-bond acceptors (Lipinski definition) is 3. The molecule has 0 atom stereocenters. The first-order valence-electron chi connectivity index (χ1n) is 3.87. The summed E-state index contributed by atoms with van der Waals surface area (Å²) in [6.45, 7) is 8.39. The van der Waals surface area contributed by atoms with E-state index in [9.17, 15) is 0 Å². The van der Waals surface area contributed by atoms with Gasteiger partial charge in [-0.1, -0.05) is 6.58 Å². The van der Waals surface area contributed by atoms with E-state index in [1.165, 1.54) is 7.11 Å². The first-order valence-corrected chi connectivity index (χ1v) is 3.87. The fourth-order valence-corrected chi connectivity index (χ4v) is 0.788. The molecule has 0 amide bonds. The molecule has 0 aliphatic carbocycles. The quantitative estimate of drug-likeness (QED) is 0.318. The van der Waals surface area contributed by atoms with Crippen molar-refractivity contribution in [3.63, 3.8) is 0 Å². The van der Waals surface area contributed by atoms with E-state index in [4.69, 9.17) is 4.89 Å². The maximum Gasteiger partial charge on any atom is 0.0839 e. The van der Waals surface area contributed by atoms with Gasteiger partial charge in [0.2, 0.25) is 0 Å². The molecule has 0 saturated carbocycles. The van der Waals surface area contributed by atoms with Gasteiger partial charge in [0.05, 0.1) is 13.7 Å². The first-order chi connectivity index (χ1) is 5.35. The van der Waals surface area contributed by atoms with Gasteiger partial charge < -0.3 is 4.90 Å². The lowest BCUT2D eigenvalue weighted by Crippen LogP contribution is -2.18. The third-order valence-corrected chi connectivity index (χ3v) is 1.46. The van der Waals surface area contributed by atoms with Crippen molar-refractivity contribution >= 4 is 0 Å². The summed E-state index contributed by atoms with van der Waals surface area (Å²) in [5.74, 6) is 0. The van der Waals surface area contributed by atoms with E-state index in [0.717, 1.165) is 19.5 Å². The summed E-state index contributed by atoms with van der Waals surface area (Å²) in [6, 6.07) is 0. The van der Waals surface area contributed by atoms with Gasteiger partial charge in [0.25, 0.3) is 0 Å². The highest BCUT2D eigenvalue weighted by Crippen LogP contribution is 1.91. The van der Waals surface area contributed by atoms with Crippen molar-refractivity contribution in [3.8, 4) is 0 Å². The summed E-state index contributed by atoms with van der Waals surface area (Å²) in [7, 11) is 1.52. The van der Waals surface area contributed by atoms with Gasteiger partial charge in [-0.25, -0.2) is 9.78 Å². The van der Waals surface area contributed by atoms with E-state index in [-0.39, 0.29) is 0 Å². The zero-order chi connectivity index (χ0) is 8.53. The average Bonchev–Trinajstić information content (AvgIpc) is 2.05. The van der Waals surface area contributed by atoms with Crippen LogP contribution in [0, 0.1) is 0 Å². The molecule has 3 nitrogen and oxygen atoms in total. The lowest BCUT2D eigenvalue weighted by atomic mass is 10.4. The fraction of sp³-hybridized carbons (Fsp3) is 0.750. The molecule has 3 heteroatoms. The molecule has 0 N–H and O–H groups in total. The van der Waals surface area contributed by atoms with E-state index >= 15 is 0 Å². The van der Waals surface area contributed by atoms with E-state index in [1.54, 1.807) is 0 Å². The van der Waals surface area contributed by atoms with Crippen LogP contribution < -0.4 is 0 Å². The average molecular weight is 159 g/mol. The molecule has 0 aromatic heterocycles. The molecule has 0 bridgehead atoms. The predicted octanol–water partition coefficient (Wildman–Crippen LogP) is 1.42. The SMILES string of the molecule is C=CN(CC)CCCOOC. The number of nitrogens with zero attached hydrogens (tertiary/aromatic N) is 1. The largest absolute Gasteiger partial charge is 0.378 e. The summed E-state index contributed by atoms with van der Waals surface area (Å²) < 4.78 is 0. The molecule has 0 rings (SSSR count). The van der Waals surface area contributed by atoms with E-state index < -0.39 is 0 Å². The number of hydrogen-bond donors (Lipinski definition) is 0. The Morgan fingerprint density at radius 1 is 1.55 bits per heavy atom. The minimum atomic E-state index is 0.640. The molecule has 0 fully saturated rings. The molecular formula is C8H17NO2. The molecule has 11 heavy (non-hydrogen) atoms. The Bertz CT molecular complexity index is 96.1.